The number of sulfone groups is 1. The summed E-state index contributed by atoms with van der Waals surface area (Å²) in [7, 11) is -3.03. The molecule has 0 aliphatic heterocycles. The predicted molar refractivity (Wildman–Crippen MR) is 82.2 cm³/mol. The van der Waals surface area contributed by atoms with Crippen molar-refractivity contribution in [3.63, 3.8) is 0 Å². The molecule has 0 radical (unpaired) electrons. The van der Waals surface area contributed by atoms with Gasteiger partial charge in [-0.25, -0.2) is 8.42 Å². The Morgan fingerprint density at radius 1 is 1.11 bits per heavy atom. The maximum atomic E-state index is 12.8. The van der Waals surface area contributed by atoms with Crippen LogP contribution in [0.4, 0.5) is 0 Å². The summed E-state index contributed by atoms with van der Waals surface area (Å²) < 4.78 is 25.6. The van der Waals surface area contributed by atoms with Gasteiger partial charge in [0.1, 0.15) is 0 Å². The lowest BCUT2D eigenvalue weighted by molar-refractivity contribution is 0.441. The maximum absolute atomic E-state index is 12.8. The van der Waals surface area contributed by atoms with Gasteiger partial charge in [-0.1, -0.05) is 40.0 Å². The first kappa shape index (κ1) is 17.0. The van der Waals surface area contributed by atoms with Gasteiger partial charge >= 0.3 is 0 Å². The van der Waals surface area contributed by atoms with Crippen molar-refractivity contribution in [1.29, 1.82) is 0 Å². The molecule has 1 fully saturated rings. The topological polar surface area (TPSA) is 46.2 Å². The first-order valence-corrected chi connectivity index (χ1v) is 9.48. The van der Waals surface area contributed by atoms with E-state index in [1.807, 2.05) is 20.8 Å². The second-order valence-electron chi connectivity index (χ2n) is 6.28. The maximum Gasteiger partial charge on any atom is 0.157 e. The van der Waals surface area contributed by atoms with Crippen LogP contribution in [0.15, 0.2) is 0 Å². The van der Waals surface area contributed by atoms with Crippen LogP contribution < -0.4 is 5.32 Å². The van der Waals surface area contributed by atoms with E-state index in [9.17, 15) is 8.42 Å². The Hall–Kier alpha value is -0.0900. The minimum absolute atomic E-state index is 0.161. The van der Waals surface area contributed by atoms with E-state index in [1.165, 1.54) is 6.42 Å². The van der Waals surface area contributed by atoms with Gasteiger partial charge in [0.2, 0.25) is 0 Å². The highest BCUT2D eigenvalue weighted by Gasteiger charge is 2.38. The highest BCUT2D eigenvalue weighted by molar-refractivity contribution is 7.92. The Bertz CT molecular complexity index is 351. The molecule has 3 unspecified atom stereocenters. The highest BCUT2D eigenvalue weighted by atomic mass is 32.2. The first-order valence-electron chi connectivity index (χ1n) is 7.87. The van der Waals surface area contributed by atoms with Gasteiger partial charge in [-0.15, -0.1) is 0 Å². The fourth-order valence-corrected chi connectivity index (χ4v) is 5.38. The van der Waals surface area contributed by atoms with E-state index in [1.54, 1.807) is 0 Å². The molecule has 1 aliphatic rings. The van der Waals surface area contributed by atoms with E-state index in [-0.39, 0.29) is 22.5 Å². The second-order valence-corrected chi connectivity index (χ2v) is 8.80. The third-order valence-electron chi connectivity index (χ3n) is 4.49. The summed E-state index contributed by atoms with van der Waals surface area (Å²) in [6, 6.07) is 0.161. The Kier molecular flexibility index (Phi) is 6.81. The van der Waals surface area contributed by atoms with E-state index in [0.717, 1.165) is 38.6 Å². The van der Waals surface area contributed by atoms with Crippen molar-refractivity contribution >= 4 is 9.84 Å². The summed E-state index contributed by atoms with van der Waals surface area (Å²) in [6.07, 6.45) is 6.29. The summed E-state index contributed by atoms with van der Waals surface area (Å²) in [6.45, 7) is 8.94. The second kappa shape index (κ2) is 7.63. The number of hydrogen-bond acceptors (Lipinski definition) is 3. The van der Waals surface area contributed by atoms with Crippen molar-refractivity contribution < 1.29 is 8.42 Å². The van der Waals surface area contributed by atoms with Gasteiger partial charge < -0.3 is 5.32 Å². The van der Waals surface area contributed by atoms with Gasteiger partial charge in [0.05, 0.1) is 10.5 Å². The third-order valence-corrected chi connectivity index (χ3v) is 7.48. The van der Waals surface area contributed by atoms with Crippen LogP contribution in [0.3, 0.4) is 0 Å². The Morgan fingerprint density at radius 3 is 2.32 bits per heavy atom. The molecule has 1 aliphatic carbocycles. The largest absolute Gasteiger partial charge is 0.313 e. The lowest BCUT2D eigenvalue weighted by Gasteiger charge is -2.30. The molecule has 0 bridgehead atoms. The zero-order valence-electron chi connectivity index (χ0n) is 13.0. The molecule has 0 heterocycles. The van der Waals surface area contributed by atoms with Crippen LogP contribution in [-0.4, -0.2) is 31.5 Å². The molecule has 1 saturated carbocycles. The summed E-state index contributed by atoms with van der Waals surface area (Å²) in [4.78, 5) is 0. The zero-order valence-corrected chi connectivity index (χ0v) is 13.8. The molecule has 4 heteroatoms. The van der Waals surface area contributed by atoms with Crippen LogP contribution in [0.2, 0.25) is 0 Å². The minimum Gasteiger partial charge on any atom is -0.313 e. The average molecular weight is 289 g/mol. The van der Waals surface area contributed by atoms with Crippen LogP contribution in [0.25, 0.3) is 0 Å². The summed E-state index contributed by atoms with van der Waals surface area (Å²) in [5, 5.41) is 3.07. The fourth-order valence-electron chi connectivity index (χ4n) is 2.89. The molecule has 0 aromatic carbocycles. The SMILES string of the molecule is CCCNC1CCCCCC1S(=O)(=O)C(C)C(C)C. The summed E-state index contributed by atoms with van der Waals surface area (Å²) >= 11 is 0. The molecule has 0 aromatic heterocycles. The van der Waals surface area contributed by atoms with E-state index in [4.69, 9.17) is 0 Å². The Balaban J connectivity index is 2.89. The Labute approximate surface area is 119 Å². The van der Waals surface area contributed by atoms with Gasteiger partial charge in [-0.05, 0) is 38.6 Å². The van der Waals surface area contributed by atoms with Gasteiger partial charge in [0.25, 0.3) is 0 Å². The molecule has 0 saturated heterocycles. The quantitative estimate of drug-likeness (QED) is 0.764. The molecule has 0 spiro atoms. The van der Waals surface area contributed by atoms with Crippen LogP contribution in [-0.2, 0) is 9.84 Å². The molecule has 114 valence electrons. The van der Waals surface area contributed by atoms with E-state index < -0.39 is 9.84 Å². The van der Waals surface area contributed by atoms with Crippen molar-refractivity contribution in [2.24, 2.45) is 5.92 Å². The van der Waals surface area contributed by atoms with Gasteiger partial charge in [-0.2, -0.15) is 0 Å². The lowest BCUT2D eigenvalue weighted by Crippen LogP contribution is -2.47. The fraction of sp³-hybridized carbons (Fsp3) is 1.00. The lowest BCUT2D eigenvalue weighted by atomic mass is 10.1. The molecule has 1 rings (SSSR count). The molecule has 0 amide bonds. The van der Waals surface area contributed by atoms with Crippen molar-refractivity contribution in [3.05, 3.63) is 0 Å². The first-order chi connectivity index (χ1) is 8.91. The van der Waals surface area contributed by atoms with Gasteiger partial charge in [0, 0.05) is 6.04 Å². The predicted octanol–water partition coefficient (Wildman–Crippen LogP) is 3.15. The molecular formula is C15H31NO2S. The normalized spacial score (nSPS) is 27.2. The van der Waals surface area contributed by atoms with Crippen molar-refractivity contribution in [1.82, 2.24) is 5.32 Å². The summed E-state index contributed by atoms with van der Waals surface area (Å²) in [5.74, 6) is 0.195. The van der Waals surface area contributed by atoms with Crippen molar-refractivity contribution in [2.75, 3.05) is 6.54 Å². The van der Waals surface area contributed by atoms with E-state index >= 15 is 0 Å². The van der Waals surface area contributed by atoms with Crippen molar-refractivity contribution in [2.45, 2.75) is 82.8 Å². The van der Waals surface area contributed by atoms with Crippen LogP contribution in [0.1, 0.15) is 66.2 Å². The molecule has 3 nitrogen and oxygen atoms in total. The molecular weight excluding hydrogens is 258 g/mol. The monoisotopic (exact) mass is 289 g/mol. The van der Waals surface area contributed by atoms with E-state index in [2.05, 4.69) is 12.2 Å². The third kappa shape index (κ3) is 4.45. The standard InChI is InChI=1S/C15H31NO2S/c1-5-11-16-14-9-7-6-8-10-15(14)19(17,18)13(4)12(2)3/h12-16H,5-11H2,1-4H3. The van der Waals surface area contributed by atoms with Crippen LogP contribution in [0, 0.1) is 5.92 Å². The van der Waals surface area contributed by atoms with Gasteiger partial charge in [-0.3, -0.25) is 0 Å². The molecule has 19 heavy (non-hydrogen) atoms. The number of nitrogens with one attached hydrogen (secondary N) is 1. The molecule has 1 N–H and O–H groups in total. The van der Waals surface area contributed by atoms with Gasteiger partial charge in [0.15, 0.2) is 9.84 Å². The number of rotatable bonds is 6. The van der Waals surface area contributed by atoms with Crippen LogP contribution in [0.5, 0.6) is 0 Å². The zero-order chi connectivity index (χ0) is 14.5. The van der Waals surface area contributed by atoms with E-state index in [0.29, 0.717) is 0 Å². The average Bonchev–Trinajstić information content (AvgIpc) is 2.60. The Morgan fingerprint density at radius 2 is 1.74 bits per heavy atom. The summed E-state index contributed by atoms with van der Waals surface area (Å²) in [5.41, 5.74) is 0. The van der Waals surface area contributed by atoms with Crippen molar-refractivity contribution in [3.8, 4) is 0 Å². The smallest absolute Gasteiger partial charge is 0.157 e. The minimum atomic E-state index is -3.03. The van der Waals surface area contributed by atoms with Crippen LogP contribution >= 0.6 is 0 Å². The number of hydrogen-bond donors (Lipinski definition) is 1. The molecule has 3 atom stereocenters. The highest BCUT2D eigenvalue weighted by Crippen LogP contribution is 2.28. The molecule has 0 aromatic rings.